The van der Waals surface area contributed by atoms with Crippen molar-refractivity contribution in [3.8, 4) is 5.75 Å². The lowest BCUT2D eigenvalue weighted by Crippen LogP contribution is -2.57. The van der Waals surface area contributed by atoms with Crippen LogP contribution in [0.3, 0.4) is 0 Å². The van der Waals surface area contributed by atoms with Gasteiger partial charge in [0.05, 0.1) is 17.9 Å². The summed E-state index contributed by atoms with van der Waals surface area (Å²) in [7, 11) is 0. The van der Waals surface area contributed by atoms with Crippen molar-refractivity contribution in [1.82, 2.24) is 4.90 Å². The van der Waals surface area contributed by atoms with Gasteiger partial charge in [-0.25, -0.2) is 0 Å². The van der Waals surface area contributed by atoms with Crippen molar-refractivity contribution >= 4 is 23.2 Å². The number of hydrogen-bond donors (Lipinski definition) is 1. The number of amides is 2. The normalized spacial score (nSPS) is 18.1. The Hall–Kier alpha value is -3.02. The molecule has 2 aliphatic heterocycles. The first-order valence-electron chi connectivity index (χ1n) is 10.4. The summed E-state index contributed by atoms with van der Waals surface area (Å²) >= 11 is 0. The molecule has 4 rings (SSSR count). The van der Waals surface area contributed by atoms with Crippen LogP contribution in [0.4, 0.5) is 11.4 Å². The second-order valence-electron chi connectivity index (χ2n) is 7.40. The van der Waals surface area contributed by atoms with Crippen LogP contribution in [0, 0.1) is 0 Å². The molecule has 6 nitrogen and oxygen atoms in total. The Bertz CT molecular complexity index is 910. The van der Waals surface area contributed by atoms with Gasteiger partial charge in [0.1, 0.15) is 11.9 Å². The van der Waals surface area contributed by atoms with Gasteiger partial charge in [0.25, 0.3) is 11.8 Å². The van der Waals surface area contributed by atoms with Gasteiger partial charge in [0.15, 0.2) is 0 Å². The Morgan fingerprint density at radius 2 is 1.93 bits per heavy atom. The highest BCUT2D eigenvalue weighted by Crippen LogP contribution is 2.35. The van der Waals surface area contributed by atoms with Gasteiger partial charge >= 0.3 is 0 Å². The predicted octanol–water partition coefficient (Wildman–Crippen LogP) is 4.13. The Morgan fingerprint density at radius 3 is 2.66 bits per heavy atom. The summed E-state index contributed by atoms with van der Waals surface area (Å²) in [5, 5.41) is 2.93. The Kier molecular flexibility index (Phi) is 5.43. The Morgan fingerprint density at radius 1 is 1.14 bits per heavy atom. The topological polar surface area (TPSA) is 61.9 Å². The molecule has 1 fully saturated rings. The SMILES string of the molecule is CCOc1ccc(NC(=O)c2ccc3c(c2)N(CC)[C@@H]2CCCCN2C3=O)cc1. The van der Waals surface area contributed by atoms with Crippen molar-refractivity contribution in [2.75, 3.05) is 29.9 Å². The smallest absolute Gasteiger partial charge is 0.257 e. The third kappa shape index (κ3) is 3.67. The Balaban J connectivity index is 1.58. The predicted molar refractivity (Wildman–Crippen MR) is 114 cm³/mol. The highest BCUT2D eigenvalue weighted by atomic mass is 16.5. The average molecular weight is 393 g/mol. The van der Waals surface area contributed by atoms with Crippen molar-refractivity contribution in [2.24, 2.45) is 0 Å². The molecule has 29 heavy (non-hydrogen) atoms. The van der Waals surface area contributed by atoms with E-state index in [0.717, 1.165) is 43.8 Å². The van der Waals surface area contributed by atoms with Gasteiger partial charge in [-0.3, -0.25) is 9.59 Å². The molecule has 0 spiro atoms. The number of nitrogens with one attached hydrogen (secondary N) is 1. The molecule has 2 aromatic rings. The molecule has 0 aromatic heterocycles. The van der Waals surface area contributed by atoms with Crippen molar-refractivity contribution in [1.29, 1.82) is 0 Å². The van der Waals surface area contributed by atoms with Gasteiger partial charge in [-0.2, -0.15) is 0 Å². The third-order valence-electron chi connectivity index (χ3n) is 5.66. The monoisotopic (exact) mass is 393 g/mol. The van der Waals surface area contributed by atoms with E-state index in [9.17, 15) is 9.59 Å². The number of nitrogens with zero attached hydrogens (tertiary/aromatic N) is 2. The average Bonchev–Trinajstić information content (AvgIpc) is 2.75. The highest BCUT2D eigenvalue weighted by molar-refractivity contribution is 6.08. The Labute approximate surface area is 171 Å². The number of rotatable bonds is 5. The lowest BCUT2D eigenvalue weighted by atomic mass is 9.97. The van der Waals surface area contributed by atoms with Crippen LogP contribution in [0.15, 0.2) is 42.5 Å². The minimum atomic E-state index is -0.188. The van der Waals surface area contributed by atoms with Gasteiger partial charge in [0.2, 0.25) is 0 Å². The molecule has 2 aliphatic rings. The van der Waals surface area contributed by atoms with E-state index >= 15 is 0 Å². The number of ether oxygens (including phenoxy) is 1. The summed E-state index contributed by atoms with van der Waals surface area (Å²) in [5.41, 5.74) is 2.80. The van der Waals surface area contributed by atoms with Crippen LogP contribution < -0.4 is 15.0 Å². The standard InChI is InChI=1S/C23H27N3O3/c1-3-25-20-15-16(22(27)24-17-9-11-18(12-10-17)29-4-2)8-13-19(20)23(28)26-14-6-5-7-21(25)26/h8-13,15,21H,3-7,14H2,1-2H3,(H,24,27)/t21-/m0/s1. The zero-order valence-corrected chi connectivity index (χ0v) is 17.0. The van der Waals surface area contributed by atoms with E-state index in [0.29, 0.717) is 23.4 Å². The van der Waals surface area contributed by atoms with E-state index in [-0.39, 0.29) is 18.0 Å². The second kappa shape index (κ2) is 8.15. The summed E-state index contributed by atoms with van der Waals surface area (Å²) in [5.74, 6) is 0.660. The molecule has 0 unspecified atom stereocenters. The van der Waals surface area contributed by atoms with Gasteiger partial charge in [-0.05, 0) is 75.6 Å². The molecule has 0 radical (unpaired) electrons. The lowest BCUT2D eigenvalue weighted by Gasteiger charge is -2.47. The molecular formula is C23H27N3O3. The molecule has 1 saturated heterocycles. The van der Waals surface area contributed by atoms with E-state index in [1.54, 1.807) is 12.1 Å². The number of anilines is 2. The lowest BCUT2D eigenvalue weighted by molar-refractivity contribution is 0.0582. The van der Waals surface area contributed by atoms with E-state index < -0.39 is 0 Å². The van der Waals surface area contributed by atoms with E-state index in [1.165, 1.54) is 0 Å². The largest absolute Gasteiger partial charge is 0.494 e. The van der Waals surface area contributed by atoms with Gasteiger partial charge in [-0.15, -0.1) is 0 Å². The van der Waals surface area contributed by atoms with Gasteiger partial charge in [-0.1, -0.05) is 0 Å². The summed E-state index contributed by atoms with van der Waals surface area (Å²) in [6, 6.07) is 12.7. The molecule has 2 aromatic carbocycles. The zero-order valence-electron chi connectivity index (χ0n) is 17.0. The van der Waals surface area contributed by atoms with Crippen molar-refractivity contribution in [3.63, 3.8) is 0 Å². The minimum Gasteiger partial charge on any atom is -0.494 e. The first-order valence-corrected chi connectivity index (χ1v) is 10.4. The number of fused-ring (bicyclic) bond motifs is 2. The minimum absolute atomic E-state index is 0.0767. The van der Waals surface area contributed by atoms with Crippen molar-refractivity contribution in [3.05, 3.63) is 53.6 Å². The third-order valence-corrected chi connectivity index (χ3v) is 5.66. The molecule has 2 heterocycles. The molecule has 1 N–H and O–H groups in total. The molecule has 1 atom stereocenters. The van der Waals surface area contributed by atoms with Crippen molar-refractivity contribution in [2.45, 2.75) is 39.3 Å². The summed E-state index contributed by atoms with van der Waals surface area (Å²) in [4.78, 5) is 30.0. The summed E-state index contributed by atoms with van der Waals surface area (Å²) in [6.45, 7) is 6.23. The second-order valence-corrected chi connectivity index (χ2v) is 7.40. The molecular weight excluding hydrogens is 366 g/mol. The van der Waals surface area contributed by atoms with Crippen LogP contribution in [0.25, 0.3) is 0 Å². The fourth-order valence-electron chi connectivity index (χ4n) is 4.27. The molecule has 6 heteroatoms. The van der Waals surface area contributed by atoms with E-state index in [2.05, 4.69) is 17.1 Å². The first-order chi connectivity index (χ1) is 14.1. The zero-order chi connectivity index (χ0) is 20.4. The fraction of sp³-hybridized carbons (Fsp3) is 0.391. The quantitative estimate of drug-likeness (QED) is 0.830. The maximum atomic E-state index is 13.0. The molecule has 2 amide bonds. The van der Waals surface area contributed by atoms with Gasteiger partial charge in [0, 0.05) is 24.3 Å². The number of benzene rings is 2. The maximum Gasteiger partial charge on any atom is 0.257 e. The first kappa shape index (κ1) is 19.3. The van der Waals surface area contributed by atoms with E-state index in [1.807, 2.05) is 42.2 Å². The molecule has 0 bridgehead atoms. The van der Waals surface area contributed by atoms with Crippen molar-refractivity contribution < 1.29 is 14.3 Å². The van der Waals surface area contributed by atoms with Crippen LogP contribution >= 0.6 is 0 Å². The number of carbonyl (C=O) groups is 2. The highest BCUT2D eigenvalue weighted by Gasteiger charge is 2.38. The summed E-state index contributed by atoms with van der Waals surface area (Å²) < 4.78 is 5.44. The van der Waals surface area contributed by atoms with Crippen LogP contribution in [-0.2, 0) is 0 Å². The van der Waals surface area contributed by atoms with Gasteiger partial charge < -0.3 is 19.9 Å². The maximum absolute atomic E-state index is 13.0. The number of carbonyl (C=O) groups excluding carboxylic acids is 2. The molecule has 152 valence electrons. The van der Waals surface area contributed by atoms with Crippen LogP contribution in [0.5, 0.6) is 5.75 Å². The summed E-state index contributed by atoms with van der Waals surface area (Å²) in [6.07, 6.45) is 3.25. The number of piperidine rings is 1. The molecule has 0 aliphatic carbocycles. The molecule has 0 saturated carbocycles. The van der Waals surface area contributed by atoms with Crippen LogP contribution in [0.2, 0.25) is 0 Å². The van der Waals surface area contributed by atoms with Crippen LogP contribution in [0.1, 0.15) is 53.8 Å². The van der Waals surface area contributed by atoms with E-state index in [4.69, 9.17) is 4.74 Å². The fourth-order valence-corrected chi connectivity index (χ4v) is 4.27. The van der Waals surface area contributed by atoms with Crippen LogP contribution in [-0.4, -0.2) is 42.6 Å². The number of hydrogen-bond acceptors (Lipinski definition) is 4.